The van der Waals surface area contributed by atoms with Crippen molar-refractivity contribution in [3.05, 3.63) is 40.3 Å². The fourth-order valence-corrected chi connectivity index (χ4v) is 6.16. The van der Waals surface area contributed by atoms with Gasteiger partial charge in [-0.15, -0.1) is 21.5 Å². The molecule has 1 amide bonds. The number of thioether (sulfide) groups is 1. The number of esters is 1. The SMILES string of the molecule is COC(=O)c1c(NC(=O)CCSc2nnc3c(n2)[nH]c2ccccc23)sc2c1CCCCC2. The Hall–Kier alpha value is -2.98. The van der Waals surface area contributed by atoms with Crippen molar-refractivity contribution in [2.45, 2.75) is 43.7 Å². The van der Waals surface area contributed by atoms with Crippen molar-refractivity contribution >= 4 is 62.0 Å². The molecule has 1 aromatic carbocycles. The molecule has 0 aliphatic heterocycles. The summed E-state index contributed by atoms with van der Waals surface area (Å²) in [6, 6.07) is 7.86. The number of amides is 1. The van der Waals surface area contributed by atoms with E-state index in [0.717, 1.165) is 54.1 Å². The first kappa shape index (κ1) is 21.8. The summed E-state index contributed by atoms with van der Waals surface area (Å²) in [6.45, 7) is 0. The van der Waals surface area contributed by atoms with Crippen molar-refractivity contribution in [1.82, 2.24) is 20.2 Å². The van der Waals surface area contributed by atoms with Crippen LogP contribution in [0.5, 0.6) is 0 Å². The van der Waals surface area contributed by atoms with E-state index >= 15 is 0 Å². The van der Waals surface area contributed by atoms with Gasteiger partial charge in [-0.25, -0.2) is 9.78 Å². The number of carbonyl (C=O) groups is 2. The first-order valence-corrected chi connectivity index (χ1v) is 12.7. The Morgan fingerprint density at radius 1 is 1.18 bits per heavy atom. The zero-order chi connectivity index (χ0) is 22.8. The second kappa shape index (κ2) is 9.48. The Morgan fingerprint density at radius 2 is 2.03 bits per heavy atom. The Labute approximate surface area is 198 Å². The number of aromatic amines is 1. The molecule has 0 unspecified atom stereocenters. The number of carbonyl (C=O) groups excluding carboxylic acids is 2. The van der Waals surface area contributed by atoms with E-state index in [-0.39, 0.29) is 18.3 Å². The second-order valence-corrected chi connectivity index (χ2v) is 10.0. The molecule has 3 heterocycles. The van der Waals surface area contributed by atoms with Crippen molar-refractivity contribution in [1.29, 1.82) is 0 Å². The summed E-state index contributed by atoms with van der Waals surface area (Å²) >= 11 is 2.88. The minimum absolute atomic E-state index is 0.149. The van der Waals surface area contributed by atoms with Gasteiger partial charge in [0, 0.05) is 28.0 Å². The Bertz CT molecular complexity index is 1350. The molecule has 33 heavy (non-hydrogen) atoms. The van der Waals surface area contributed by atoms with Crippen molar-refractivity contribution in [2.75, 3.05) is 18.2 Å². The maximum Gasteiger partial charge on any atom is 0.341 e. The number of methoxy groups -OCH3 is 1. The number of hydrogen-bond acceptors (Lipinski definition) is 8. The van der Waals surface area contributed by atoms with Gasteiger partial charge in [0.15, 0.2) is 5.65 Å². The molecule has 1 aliphatic carbocycles. The van der Waals surface area contributed by atoms with Crippen molar-refractivity contribution in [2.24, 2.45) is 0 Å². The summed E-state index contributed by atoms with van der Waals surface area (Å²) in [5, 5.41) is 13.5. The summed E-state index contributed by atoms with van der Waals surface area (Å²) in [5.74, 6) is -0.0355. The molecule has 2 N–H and O–H groups in total. The number of anilines is 1. The Balaban J connectivity index is 1.25. The van der Waals surface area contributed by atoms with Crippen LogP contribution in [0.1, 0.15) is 46.5 Å². The van der Waals surface area contributed by atoms with Gasteiger partial charge in [-0.1, -0.05) is 36.4 Å². The predicted molar refractivity (Wildman–Crippen MR) is 130 cm³/mol. The summed E-state index contributed by atoms with van der Waals surface area (Å²) < 4.78 is 5.01. The van der Waals surface area contributed by atoms with E-state index in [0.29, 0.717) is 27.1 Å². The standard InChI is InChI=1S/C23H23N5O3S2/c1-31-22(30)18-14-8-3-2-4-10-16(14)33-21(18)25-17(29)11-12-32-23-26-20-19(27-28-23)13-7-5-6-9-15(13)24-20/h5-7,9H,2-4,8,10-12H2,1H3,(H,25,29)(H,24,26,28). The van der Waals surface area contributed by atoms with E-state index in [2.05, 4.69) is 25.5 Å². The molecule has 0 saturated carbocycles. The minimum Gasteiger partial charge on any atom is -0.465 e. The van der Waals surface area contributed by atoms with E-state index in [9.17, 15) is 9.59 Å². The largest absolute Gasteiger partial charge is 0.465 e. The van der Waals surface area contributed by atoms with Crippen LogP contribution in [0.25, 0.3) is 22.1 Å². The minimum atomic E-state index is -0.384. The highest BCUT2D eigenvalue weighted by Crippen LogP contribution is 2.38. The smallest absolute Gasteiger partial charge is 0.341 e. The van der Waals surface area contributed by atoms with Crippen LogP contribution >= 0.6 is 23.1 Å². The highest BCUT2D eigenvalue weighted by atomic mass is 32.2. The molecule has 8 nitrogen and oxygen atoms in total. The fraction of sp³-hybridized carbons (Fsp3) is 0.348. The fourth-order valence-electron chi connectivity index (χ4n) is 4.14. The van der Waals surface area contributed by atoms with Gasteiger partial charge in [0.2, 0.25) is 11.1 Å². The maximum atomic E-state index is 12.6. The van der Waals surface area contributed by atoms with Gasteiger partial charge in [-0.05, 0) is 37.3 Å². The molecule has 0 atom stereocenters. The monoisotopic (exact) mass is 481 g/mol. The van der Waals surface area contributed by atoms with Crippen LogP contribution < -0.4 is 5.32 Å². The molecule has 4 aromatic rings. The predicted octanol–water partition coefficient (Wildman–Crippen LogP) is 4.74. The second-order valence-electron chi connectivity index (χ2n) is 7.87. The van der Waals surface area contributed by atoms with Crippen LogP contribution in [-0.2, 0) is 22.4 Å². The van der Waals surface area contributed by atoms with Gasteiger partial charge in [0.1, 0.15) is 10.5 Å². The summed E-state index contributed by atoms with van der Waals surface area (Å²) in [7, 11) is 1.38. The number of fused-ring (bicyclic) bond motifs is 4. The van der Waals surface area contributed by atoms with E-state index in [1.807, 2.05) is 24.3 Å². The van der Waals surface area contributed by atoms with Gasteiger partial charge in [0.25, 0.3) is 0 Å². The van der Waals surface area contributed by atoms with Crippen LogP contribution in [0.4, 0.5) is 5.00 Å². The topological polar surface area (TPSA) is 110 Å². The highest BCUT2D eigenvalue weighted by Gasteiger charge is 2.26. The first-order chi connectivity index (χ1) is 16.1. The normalized spacial score (nSPS) is 13.6. The zero-order valence-corrected chi connectivity index (χ0v) is 19.8. The number of hydrogen-bond donors (Lipinski definition) is 2. The third-order valence-corrected chi connectivity index (χ3v) is 7.77. The summed E-state index contributed by atoms with van der Waals surface area (Å²) in [6.07, 6.45) is 5.36. The maximum absolute atomic E-state index is 12.6. The summed E-state index contributed by atoms with van der Waals surface area (Å²) in [4.78, 5) is 34.1. The van der Waals surface area contributed by atoms with E-state index in [1.54, 1.807) is 0 Å². The molecule has 170 valence electrons. The molecule has 1 aliphatic rings. The molecule has 3 aromatic heterocycles. The quantitative estimate of drug-likeness (QED) is 0.232. The van der Waals surface area contributed by atoms with Gasteiger partial charge in [0.05, 0.1) is 12.7 Å². The van der Waals surface area contributed by atoms with Crippen molar-refractivity contribution < 1.29 is 14.3 Å². The van der Waals surface area contributed by atoms with Crippen LogP contribution in [0.3, 0.4) is 0 Å². The number of aryl methyl sites for hydroxylation is 1. The molecule has 0 saturated heterocycles. The highest BCUT2D eigenvalue weighted by molar-refractivity contribution is 7.99. The third-order valence-electron chi connectivity index (χ3n) is 5.73. The first-order valence-electron chi connectivity index (χ1n) is 10.9. The number of nitrogens with zero attached hydrogens (tertiary/aromatic N) is 3. The van der Waals surface area contributed by atoms with Crippen LogP contribution in [0, 0.1) is 0 Å². The number of nitrogens with one attached hydrogen (secondary N) is 2. The lowest BCUT2D eigenvalue weighted by Crippen LogP contribution is -2.15. The van der Waals surface area contributed by atoms with Crippen LogP contribution in [0.15, 0.2) is 29.4 Å². The molecule has 0 spiro atoms. The molecular formula is C23H23N5O3S2. The molecular weight excluding hydrogens is 458 g/mol. The van der Waals surface area contributed by atoms with Gasteiger partial charge < -0.3 is 15.0 Å². The van der Waals surface area contributed by atoms with Gasteiger partial charge in [-0.3, -0.25) is 4.79 Å². The zero-order valence-electron chi connectivity index (χ0n) is 18.1. The van der Waals surface area contributed by atoms with Crippen LogP contribution in [0.2, 0.25) is 0 Å². The average molecular weight is 482 g/mol. The number of rotatable bonds is 6. The number of benzene rings is 1. The number of ether oxygens (including phenoxy) is 1. The number of thiophene rings is 1. The number of H-pyrrole nitrogens is 1. The molecule has 0 bridgehead atoms. The van der Waals surface area contributed by atoms with E-state index < -0.39 is 0 Å². The average Bonchev–Trinajstić information content (AvgIpc) is 3.26. The molecule has 0 radical (unpaired) electrons. The lowest BCUT2D eigenvalue weighted by molar-refractivity contribution is -0.115. The molecule has 0 fully saturated rings. The molecule has 5 rings (SSSR count). The number of aromatic nitrogens is 4. The van der Waals surface area contributed by atoms with E-state index in [4.69, 9.17) is 4.74 Å². The Morgan fingerprint density at radius 3 is 2.91 bits per heavy atom. The molecule has 10 heteroatoms. The van der Waals surface area contributed by atoms with Crippen molar-refractivity contribution in [3.8, 4) is 0 Å². The lowest BCUT2D eigenvalue weighted by Gasteiger charge is -2.07. The van der Waals surface area contributed by atoms with Gasteiger partial charge >= 0.3 is 5.97 Å². The summed E-state index contributed by atoms with van der Waals surface area (Å²) in [5.41, 5.74) is 3.95. The Kier molecular flexibility index (Phi) is 6.28. The van der Waals surface area contributed by atoms with Gasteiger partial charge in [-0.2, -0.15) is 0 Å². The van der Waals surface area contributed by atoms with E-state index in [1.165, 1.54) is 35.1 Å². The third kappa shape index (κ3) is 4.45. The van der Waals surface area contributed by atoms with Crippen LogP contribution in [-0.4, -0.2) is 44.9 Å². The number of para-hydroxylation sites is 1. The van der Waals surface area contributed by atoms with Crippen molar-refractivity contribution in [3.63, 3.8) is 0 Å². The lowest BCUT2D eigenvalue weighted by atomic mass is 10.1.